The molecule has 0 saturated carbocycles. The van der Waals surface area contributed by atoms with Gasteiger partial charge in [0.1, 0.15) is 5.58 Å². The van der Waals surface area contributed by atoms with Crippen LogP contribution in [0.1, 0.15) is 19.3 Å². The summed E-state index contributed by atoms with van der Waals surface area (Å²) >= 11 is 0. The second-order valence-corrected chi connectivity index (χ2v) is 8.90. The first-order valence-corrected chi connectivity index (χ1v) is 10.7. The van der Waals surface area contributed by atoms with E-state index in [1.165, 1.54) is 30.3 Å². The van der Waals surface area contributed by atoms with Crippen LogP contribution in [-0.4, -0.2) is 63.9 Å². The predicted molar refractivity (Wildman–Crippen MR) is 106 cm³/mol. The molecule has 8 nitrogen and oxygen atoms in total. The molecule has 0 bridgehead atoms. The monoisotopic (exact) mass is 407 g/mol. The van der Waals surface area contributed by atoms with Gasteiger partial charge in [-0.3, -0.25) is 9.69 Å². The van der Waals surface area contributed by atoms with Crippen LogP contribution < -0.4 is 10.3 Å². The number of carbonyl (C=O) groups excluding carboxylic acids is 1. The Kier molecular flexibility index (Phi) is 6.17. The lowest BCUT2D eigenvalue weighted by molar-refractivity contribution is -0.133. The third-order valence-electron chi connectivity index (χ3n) is 4.90. The molecule has 1 unspecified atom stereocenters. The number of hydrogen-bond acceptors (Lipinski definition) is 6. The molecule has 0 aliphatic carbocycles. The summed E-state index contributed by atoms with van der Waals surface area (Å²) in [5, 5.41) is 0.546. The quantitative estimate of drug-likeness (QED) is 0.543. The van der Waals surface area contributed by atoms with Gasteiger partial charge in [0.15, 0.2) is 0 Å². The van der Waals surface area contributed by atoms with Gasteiger partial charge in [0.05, 0.1) is 10.9 Å². The standard InChI is InChI=1S/C19H25N3O5S/c1-21(2)19(24)16-5-3-11-22(16)12-4-10-20-28(25,26)15-7-8-17-14(13-15)6-9-18(23)27-17/h6-9,13,16,20H,3-5,10-12H2,1-2H3. The highest BCUT2D eigenvalue weighted by Crippen LogP contribution is 2.19. The van der Waals surface area contributed by atoms with Gasteiger partial charge in [0, 0.05) is 38.6 Å². The summed E-state index contributed by atoms with van der Waals surface area (Å²) < 4.78 is 32.7. The molecule has 1 fully saturated rings. The average molecular weight is 407 g/mol. The molecule has 1 saturated heterocycles. The first-order chi connectivity index (χ1) is 13.3. The molecule has 1 aromatic carbocycles. The summed E-state index contributed by atoms with van der Waals surface area (Å²) in [4.78, 5) is 27.3. The van der Waals surface area contributed by atoms with Crippen LogP contribution in [0.4, 0.5) is 0 Å². The number of carbonyl (C=O) groups is 1. The van der Waals surface area contributed by atoms with Crippen LogP contribution in [0.25, 0.3) is 11.0 Å². The number of hydrogen-bond donors (Lipinski definition) is 1. The minimum Gasteiger partial charge on any atom is -0.423 e. The molecule has 0 radical (unpaired) electrons. The molecule has 1 aliphatic heterocycles. The lowest BCUT2D eigenvalue weighted by Gasteiger charge is -2.26. The molecule has 1 aromatic heterocycles. The van der Waals surface area contributed by atoms with Crippen LogP contribution >= 0.6 is 0 Å². The second-order valence-electron chi connectivity index (χ2n) is 7.13. The number of amides is 1. The van der Waals surface area contributed by atoms with Crippen molar-refractivity contribution in [2.75, 3.05) is 33.7 Å². The van der Waals surface area contributed by atoms with E-state index >= 15 is 0 Å². The Bertz CT molecular complexity index is 1020. The Balaban J connectivity index is 1.57. The maximum absolute atomic E-state index is 12.5. The summed E-state index contributed by atoms with van der Waals surface area (Å²) in [5.41, 5.74) is -0.133. The molecule has 2 aromatic rings. The van der Waals surface area contributed by atoms with E-state index in [2.05, 4.69) is 9.62 Å². The zero-order valence-electron chi connectivity index (χ0n) is 16.1. The third kappa shape index (κ3) is 4.60. The van der Waals surface area contributed by atoms with Crippen molar-refractivity contribution in [1.82, 2.24) is 14.5 Å². The molecule has 2 heterocycles. The summed E-state index contributed by atoms with van der Waals surface area (Å²) in [5.74, 6) is 0.0981. The Morgan fingerprint density at radius 3 is 2.82 bits per heavy atom. The van der Waals surface area contributed by atoms with Gasteiger partial charge in [-0.25, -0.2) is 17.9 Å². The van der Waals surface area contributed by atoms with Gasteiger partial charge in [-0.2, -0.15) is 0 Å². The van der Waals surface area contributed by atoms with Gasteiger partial charge in [-0.05, 0) is 50.1 Å². The van der Waals surface area contributed by atoms with Crippen molar-refractivity contribution >= 4 is 26.9 Å². The minimum atomic E-state index is -3.66. The Morgan fingerprint density at radius 1 is 1.29 bits per heavy atom. The van der Waals surface area contributed by atoms with E-state index in [0.29, 0.717) is 23.9 Å². The van der Waals surface area contributed by atoms with Crippen LogP contribution in [0.5, 0.6) is 0 Å². The number of benzene rings is 1. The fraction of sp³-hybridized carbons (Fsp3) is 0.474. The van der Waals surface area contributed by atoms with Gasteiger partial charge in [-0.15, -0.1) is 0 Å². The number of nitrogens with one attached hydrogen (secondary N) is 1. The van der Waals surface area contributed by atoms with Gasteiger partial charge in [-0.1, -0.05) is 0 Å². The van der Waals surface area contributed by atoms with Gasteiger partial charge in [0.25, 0.3) is 0 Å². The fourth-order valence-corrected chi connectivity index (χ4v) is 4.57. The highest BCUT2D eigenvalue weighted by Gasteiger charge is 2.31. The average Bonchev–Trinajstić information content (AvgIpc) is 3.12. The largest absolute Gasteiger partial charge is 0.423 e. The first-order valence-electron chi connectivity index (χ1n) is 9.27. The van der Waals surface area contributed by atoms with E-state index in [-0.39, 0.29) is 23.4 Å². The normalized spacial score (nSPS) is 17.9. The minimum absolute atomic E-state index is 0.0981. The number of rotatable bonds is 7. The fourth-order valence-electron chi connectivity index (χ4n) is 3.46. The van der Waals surface area contributed by atoms with Crippen molar-refractivity contribution in [3.63, 3.8) is 0 Å². The Morgan fingerprint density at radius 2 is 2.07 bits per heavy atom. The zero-order chi connectivity index (χ0) is 20.3. The molecule has 152 valence electrons. The van der Waals surface area contributed by atoms with Crippen molar-refractivity contribution in [3.8, 4) is 0 Å². The van der Waals surface area contributed by atoms with Crippen LogP contribution in [-0.2, 0) is 14.8 Å². The molecule has 1 amide bonds. The van der Waals surface area contributed by atoms with Crippen LogP contribution in [0.3, 0.4) is 0 Å². The van der Waals surface area contributed by atoms with E-state index in [4.69, 9.17) is 4.42 Å². The highest BCUT2D eigenvalue weighted by atomic mass is 32.2. The molecule has 28 heavy (non-hydrogen) atoms. The number of likely N-dealkylation sites (N-methyl/N-ethyl adjacent to an activating group) is 1. The molecule has 3 rings (SSSR count). The van der Waals surface area contributed by atoms with Crippen molar-refractivity contribution < 1.29 is 17.6 Å². The summed E-state index contributed by atoms with van der Waals surface area (Å²) in [7, 11) is -0.161. The summed E-state index contributed by atoms with van der Waals surface area (Å²) in [6, 6.07) is 7.06. The van der Waals surface area contributed by atoms with Crippen LogP contribution in [0, 0.1) is 0 Å². The predicted octanol–water partition coefficient (Wildman–Crippen LogP) is 1.01. The van der Waals surface area contributed by atoms with Crippen LogP contribution in [0.15, 0.2) is 44.4 Å². The number of sulfonamides is 1. The number of nitrogens with zero attached hydrogens (tertiary/aromatic N) is 2. The smallest absolute Gasteiger partial charge is 0.336 e. The number of fused-ring (bicyclic) bond motifs is 1. The summed E-state index contributed by atoms with van der Waals surface area (Å²) in [6.07, 6.45) is 2.43. The van der Waals surface area contributed by atoms with E-state index < -0.39 is 15.6 Å². The van der Waals surface area contributed by atoms with Gasteiger partial charge in [0.2, 0.25) is 15.9 Å². The van der Waals surface area contributed by atoms with Crippen molar-refractivity contribution in [1.29, 1.82) is 0 Å². The SMILES string of the molecule is CN(C)C(=O)C1CCCN1CCCNS(=O)(=O)c1ccc2oc(=O)ccc2c1. The highest BCUT2D eigenvalue weighted by molar-refractivity contribution is 7.89. The number of likely N-dealkylation sites (tertiary alicyclic amines) is 1. The molecule has 1 aliphatic rings. The Labute approximate surface area is 164 Å². The molecule has 1 atom stereocenters. The Hall–Kier alpha value is -2.23. The topological polar surface area (TPSA) is 99.9 Å². The van der Waals surface area contributed by atoms with E-state index in [0.717, 1.165) is 19.4 Å². The van der Waals surface area contributed by atoms with Crippen molar-refractivity contribution in [2.45, 2.75) is 30.2 Å². The van der Waals surface area contributed by atoms with E-state index in [1.807, 2.05) is 0 Å². The maximum Gasteiger partial charge on any atom is 0.336 e. The summed E-state index contributed by atoms with van der Waals surface area (Å²) in [6.45, 7) is 1.80. The molecule has 1 N–H and O–H groups in total. The van der Waals surface area contributed by atoms with Crippen molar-refractivity contribution in [3.05, 3.63) is 40.8 Å². The molecular formula is C19H25N3O5S. The second kappa shape index (κ2) is 8.42. The molecular weight excluding hydrogens is 382 g/mol. The van der Waals surface area contributed by atoms with E-state index in [9.17, 15) is 18.0 Å². The lowest BCUT2D eigenvalue weighted by Crippen LogP contribution is -2.43. The third-order valence-corrected chi connectivity index (χ3v) is 6.36. The van der Waals surface area contributed by atoms with Crippen LogP contribution in [0.2, 0.25) is 0 Å². The van der Waals surface area contributed by atoms with E-state index in [1.54, 1.807) is 19.0 Å². The maximum atomic E-state index is 12.5. The molecule has 9 heteroatoms. The van der Waals surface area contributed by atoms with Gasteiger partial charge < -0.3 is 9.32 Å². The zero-order valence-corrected chi connectivity index (χ0v) is 16.9. The van der Waals surface area contributed by atoms with Crippen molar-refractivity contribution in [2.24, 2.45) is 0 Å². The van der Waals surface area contributed by atoms with Gasteiger partial charge >= 0.3 is 5.63 Å². The first kappa shape index (κ1) is 20.5. The lowest BCUT2D eigenvalue weighted by atomic mass is 10.2. The molecule has 0 spiro atoms.